The van der Waals surface area contributed by atoms with Crippen LogP contribution in [-0.4, -0.2) is 31.2 Å². The standard InChI is InChI=1S/C19H20F2N2O3S/c1-13-5-2-3-10-23(13)27(25,26)16-7-4-6-14(11-16)19(24)22-15-8-9-17(20)18(21)12-15/h4,6-9,11-13H,2-3,5,10H2,1H3,(H,22,24)/t13-/m1/s1. The zero-order valence-electron chi connectivity index (χ0n) is 14.8. The lowest BCUT2D eigenvalue weighted by atomic mass is 10.1. The van der Waals surface area contributed by atoms with E-state index >= 15 is 0 Å². The Balaban J connectivity index is 1.84. The van der Waals surface area contributed by atoms with Crippen LogP contribution in [0.4, 0.5) is 14.5 Å². The first-order valence-corrected chi connectivity index (χ1v) is 10.1. The average Bonchev–Trinajstić information content (AvgIpc) is 2.65. The van der Waals surface area contributed by atoms with E-state index in [-0.39, 0.29) is 22.2 Å². The summed E-state index contributed by atoms with van der Waals surface area (Å²) in [7, 11) is -3.71. The van der Waals surface area contributed by atoms with E-state index in [0.717, 1.165) is 31.4 Å². The fourth-order valence-electron chi connectivity index (χ4n) is 3.14. The molecule has 1 aliphatic heterocycles. The second kappa shape index (κ2) is 7.74. The highest BCUT2D eigenvalue weighted by Crippen LogP contribution is 2.25. The summed E-state index contributed by atoms with van der Waals surface area (Å²) >= 11 is 0. The van der Waals surface area contributed by atoms with Gasteiger partial charge in [0, 0.05) is 29.9 Å². The number of anilines is 1. The van der Waals surface area contributed by atoms with E-state index in [1.165, 1.54) is 34.6 Å². The molecule has 1 N–H and O–H groups in total. The van der Waals surface area contributed by atoms with Gasteiger partial charge in [0.2, 0.25) is 10.0 Å². The molecule has 0 spiro atoms. The summed E-state index contributed by atoms with van der Waals surface area (Å²) in [6, 6.07) is 8.61. The Bertz CT molecular complexity index is 963. The predicted octanol–water partition coefficient (Wildman–Crippen LogP) is 3.78. The molecule has 3 rings (SSSR count). The van der Waals surface area contributed by atoms with Gasteiger partial charge in [0.05, 0.1) is 4.90 Å². The van der Waals surface area contributed by atoms with Gasteiger partial charge in [0.25, 0.3) is 5.91 Å². The van der Waals surface area contributed by atoms with Gasteiger partial charge in [-0.2, -0.15) is 4.31 Å². The maximum atomic E-state index is 13.3. The molecule has 0 saturated carbocycles. The lowest BCUT2D eigenvalue weighted by Gasteiger charge is -2.32. The number of hydrogen-bond acceptors (Lipinski definition) is 3. The normalized spacial score (nSPS) is 18.3. The quantitative estimate of drug-likeness (QED) is 0.858. The van der Waals surface area contributed by atoms with Crippen LogP contribution in [-0.2, 0) is 10.0 Å². The third-order valence-corrected chi connectivity index (χ3v) is 6.63. The summed E-state index contributed by atoms with van der Waals surface area (Å²) in [4.78, 5) is 12.4. The van der Waals surface area contributed by atoms with Crippen LogP contribution in [0.3, 0.4) is 0 Å². The van der Waals surface area contributed by atoms with Crippen LogP contribution in [0, 0.1) is 11.6 Å². The molecule has 0 aliphatic carbocycles. The minimum absolute atomic E-state index is 0.0363. The van der Waals surface area contributed by atoms with Crippen molar-refractivity contribution in [2.24, 2.45) is 0 Å². The predicted molar refractivity (Wildman–Crippen MR) is 98.0 cm³/mol. The van der Waals surface area contributed by atoms with Crippen molar-refractivity contribution in [3.05, 3.63) is 59.7 Å². The zero-order chi connectivity index (χ0) is 19.6. The second-order valence-corrected chi connectivity index (χ2v) is 8.46. The van der Waals surface area contributed by atoms with Gasteiger partial charge < -0.3 is 5.32 Å². The SMILES string of the molecule is C[C@@H]1CCCCN1S(=O)(=O)c1cccc(C(=O)Nc2ccc(F)c(F)c2)c1. The first-order chi connectivity index (χ1) is 12.8. The topological polar surface area (TPSA) is 66.5 Å². The van der Waals surface area contributed by atoms with Crippen LogP contribution in [0.5, 0.6) is 0 Å². The van der Waals surface area contributed by atoms with E-state index in [4.69, 9.17) is 0 Å². The Morgan fingerprint density at radius 2 is 1.89 bits per heavy atom. The Labute approximate surface area is 157 Å². The summed E-state index contributed by atoms with van der Waals surface area (Å²) in [5.41, 5.74) is 0.197. The van der Waals surface area contributed by atoms with Gasteiger partial charge in [-0.3, -0.25) is 4.79 Å². The van der Waals surface area contributed by atoms with E-state index < -0.39 is 27.6 Å². The smallest absolute Gasteiger partial charge is 0.255 e. The molecule has 5 nitrogen and oxygen atoms in total. The van der Waals surface area contributed by atoms with Crippen molar-refractivity contribution in [1.82, 2.24) is 4.31 Å². The van der Waals surface area contributed by atoms with Crippen molar-refractivity contribution >= 4 is 21.6 Å². The molecule has 8 heteroatoms. The van der Waals surface area contributed by atoms with Crippen molar-refractivity contribution in [2.45, 2.75) is 37.1 Å². The summed E-state index contributed by atoms with van der Waals surface area (Å²) in [5, 5.41) is 2.44. The molecular weight excluding hydrogens is 374 g/mol. The molecule has 1 aliphatic rings. The minimum atomic E-state index is -3.71. The first kappa shape index (κ1) is 19.4. The lowest BCUT2D eigenvalue weighted by Crippen LogP contribution is -2.41. The van der Waals surface area contributed by atoms with Crippen LogP contribution in [0.25, 0.3) is 0 Å². The van der Waals surface area contributed by atoms with Crippen LogP contribution < -0.4 is 5.32 Å². The van der Waals surface area contributed by atoms with Crippen LogP contribution >= 0.6 is 0 Å². The molecule has 0 bridgehead atoms. The number of piperidine rings is 1. The number of nitrogens with zero attached hydrogens (tertiary/aromatic N) is 1. The molecular formula is C19H20F2N2O3S. The molecule has 1 amide bonds. The number of halogens is 2. The molecule has 1 atom stereocenters. The molecule has 0 unspecified atom stereocenters. The molecule has 1 fully saturated rings. The van der Waals surface area contributed by atoms with Gasteiger partial charge in [0.15, 0.2) is 11.6 Å². The average molecular weight is 394 g/mol. The summed E-state index contributed by atoms with van der Waals surface area (Å²) < 4.78 is 53.6. The third-order valence-electron chi connectivity index (χ3n) is 4.62. The largest absolute Gasteiger partial charge is 0.322 e. The van der Waals surface area contributed by atoms with Gasteiger partial charge in [0.1, 0.15) is 0 Å². The van der Waals surface area contributed by atoms with Crippen molar-refractivity contribution in [1.29, 1.82) is 0 Å². The number of sulfonamides is 1. The number of nitrogens with one attached hydrogen (secondary N) is 1. The fourth-order valence-corrected chi connectivity index (χ4v) is 4.89. The number of benzene rings is 2. The lowest BCUT2D eigenvalue weighted by molar-refractivity contribution is 0.102. The number of amides is 1. The molecule has 2 aromatic rings. The van der Waals surface area contributed by atoms with E-state index in [1.807, 2.05) is 6.92 Å². The maximum absolute atomic E-state index is 13.3. The molecule has 1 heterocycles. The van der Waals surface area contributed by atoms with Gasteiger partial charge in [-0.25, -0.2) is 17.2 Å². The Hall–Kier alpha value is -2.32. The van der Waals surface area contributed by atoms with Crippen molar-refractivity contribution in [2.75, 3.05) is 11.9 Å². The van der Waals surface area contributed by atoms with E-state index in [1.54, 1.807) is 0 Å². The van der Waals surface area contributed by atoms with Crippen LogP contribution in [0.2, 0.25) is 0 Å². The molecule has 2 aromatic carbocycles. The molecule has 0 aromatic heterocycles. The van der Waals surface area contributed by atoms with E-state index in [2.05, 4.69) is 5.32 Å². The monoisotopic (exact) mass is 394 g/mol. The van der Waals surface area contributed by atoms with E-state index in [9.17, 15) is 22.0 Å². The van der Waals surface area contributed by atoms with Crippen LogP contribution in [0.1, 0.15) is 36.5 Å². The fraction of sp³-hybridized carbons (Fsp3) is 0.316. The summed E-state index contributed by atoms with van der Waals surface area (Å²) in [6.07, 6.45) is 2.60. The number of hydrogen-bond donors (Lipinski definition) is 1. The molecule has 0 radical (unpaired) electrons. The molecule has 1 saturated heterocycles. The second-order valence-electron chi connectivity index (χ2n) is 6.57. The van der Waals surface area contributed by atoms with Crippen LogP contribution in [0.15, 0.2) is 47.4 Å². The van der Waals surface area contributed by atoms with Gasteiger partial charge in [-0.15, -0.1) is 0 Å². The van der Waals surface area contributed by atoms with Gasteiger partial charge in [-0.05, 0) is 50.1 Å². The van der Waals surface area contributed by atoms with Gasteiger partial charge in [-0.1, -0.05) is 12.5 Å². The first-order valence-electron chi connectivity index (χ1n) is 8.67. The van der Waals surface area contributed by atoms with Crippen molar-refractivity contribution in [3.8, 4) is 0 Å². The highest BCUT2D eigenvalue weighted by molar-refractivity contribution is 7.89. The Morgan fingerprint density at radius 1 is 1.11 bits per heavy atom. The minimum Gasteiger partial charge on any atom is -0.322 e. The van der Waals surface area contributed by atoms with E-state index in [0.29, 0.717) is 6.54 Å². The van der Waals surface area contributed by atoms with Crippen molar-refractivity contribution in [3.63, 3.8) is 0 Å². The maximum Gasteiger partial charge on any atom is 0.255 e. The number of carbonyl (C=O) groups excluding carboxylic acids is 1. The Kier molecular flexibility index (Phi) is 5.57. The summed E-state index contributed by atoms with van der Waals surface area (Å²) in [5.74, 6) is -2.70. The number of rotatable bonds is 4. The zero-order valence-corrected chi connectivity index (χ0v) is 15.6. The molecule has 144 valence electrons. The third kappa shape index (κ3) is 4.17. The highest BCUT2D eigenvalue weighted by atomic mass is 32.2. The number of carbonyl (C=O) groups is 1. The summed E-state index contributed by atoms with van der Waals surface area (Å²) in [6.45, 7) is 2.32. The molecule has 27 heavy (non-hydrogen) atoms. The van der Waals surface area contributed by atoms with Gasteiger partial charge >= 0.3 is 0 Å². The highest BCUT2D eigenvalue weighted by Gasteiger charge is 2.31. The Morgan fingerprint density at radius 3 is 2.59 bits per heavy atom. The van der Waals surface area contributed by atoms with Crippen molar-refractivity contribution < 1.29 is 22.0 Å².